The van der Waals surface area contributed by atoms with Crippen molar-refractivity contribution in [2.24, 2.45) is 5.41 Å². The zero-order valence-corrected chi connectivity index (χ0v) is 9.79. The molecule has 0 aromatic carbocycles. The Morgan fingerprint density at radius 1 is 1.60 bits per heavy atom. The molecule has 0 spiro atoms. The molecule has 0 fully saturated rings. The second-order valence-corrected chi connectivity index (χ2v) is 5.06. The van der Waals surface area contributed by atoms with Crippen LogP contribution in [0.3, 0.4) is 0 Å². The van der Waals surface area contributed by atoms with Crippen LogP contribution in [0.4, 0.5) is 0 Å². The molecule has 0 saturated heterocycles. The summed E-state index contributed by atoms with van der Waals surface area (Å²) in [5, 5.41) is 9.52. The predicted octanol–water partition coefficient (Wildman–Crippen LogP) is 2.02. The standard InChI is InChI=1S/C11H19N3O/c1-8(9-6-12-13-7-9)14-10(15)5-11(2,3)4/h6-8H,5H2,1-4H3,(H,12,13)(H,14,15). The fraction of sp³-hybridized carbons (Fsp3) is 0.636. The molecule has 1 amide bonds. The third kappa shape index (κ3) is 4.14. The second-order valence-electron chi connectivity index (χ2n) is 5.06. The first-order valence-electron chi connectivity index (χ1n) is 5.16. The van der Waals surface area contributed by atoms with Crippen molar-refractivity contribution in [1.29, 1.82) is 0 Å². The van der Waals surface area contributed by atoms with Crippen LogP contribution in [0.1, 0.15) is 45.7 Å². The highest BCUT2D eigenvalue weighted by molar-refractivity contribution is 5.77. The number of nitrogens with one attached hydrogen (secondary N) is 2. The Balaban J connectivity index is 2.45. The van der Waals surface area contributed by atoms with Crippen LogP contribution in [0, 0.1) is 5.41 Å². The molecule has 1 rings (SSSR count). The zero-order chi connectivity index (χ0) is 11.5. The van der Waals surface area contributed by atoms with Gasteiger partial charge in [-0.1, -0.05) is 20.8 Å². The summed E-state index contributed by atoms with van der Waals surface area (Å²) in [5.41, 5.74) is 1.03. The maximum absolute atomic E-state index is 11.6. The quantitative estimate of drug-likeness (QED) is 0.800. The second kappa shape index (κ2) is 4.47. The highest BCUT2D eigenvalue weighted by Crippen LogP contribution is 2.19. The molecule has 0 radical (unpaired) electrons. The van der Waals surface area contributed by atoms with Gasteiger partial charge in [0.15, 0.2) is 0 Å². The molecule has 0 saturated carbocycles. The van der Waals surface area contributed by atoms with E-state index in [4.69, 9.17) is 0 Å². The highest BCUT2D eigenvalue weighted by Gasteiger charge is 2.17. The normalized spacial score (nSPS) is 13.6. The van der Waals surface area contributed by atoms with Gasteiger partial charge in [-0.2, -0.15) is 5.10 Å². The van der Waals surface area contributed by atoms with Crippen molar-refractivity contribution < 1.29 is 4.79 Å². The Labute approximate surface area is 90.5 Å². The summed E-state index contributed by atoms with van der Waals surface area (Å²) in [6.45, 7) is 8.10. The molecule has 15 heavy (non-hydrogen) atoms. The van der Waals surface area contributed by atoms with Gasteiger partial charge in [-0.3, -0.25) is 9.89 Å². The Bertz CT molecular complexity index is 311. The van der Waals surface area contributed by atoms with Crippen molar-refractivity contribution in [2.75, 3.05) is 0 Å². The lowest BCUT2D eigenvalue weighted by Crippen LogP contribution is -2.29. The average Bonchev–Trinajstić information content (AvgIpc) is 2.50. The number of hydrogen-bond donors (Lipinski definition) is 2. The van der Waals surface area contributed by atoms with Crippen molar-refractivity contribution in [3.05, 3.63) is 18.0 Å². The number of aromatic amines is 1. The molecule has 1 atom stereocenters. The van der Waals surface area contributed by atoms with Crippen LogP contribution < -0.4 is 5.32 Å². The van der Waals surface area contributed by atoms with E-state index in [1.54, 1.807) is 12.4 Å². The van der Waals surface area contributed by atoms with Crippen LogP contribution in [0.15, 0.2) is 12.4 Å². The van der Waals surface area contributed by atoms with E-state index >= 15 is 0 Å². The zero-order valence-electron chi connectivity index (χ0n) is 9.79. The number of carbonyl (C=O) groups is 1. The number of rotatable bonds is 3. The number of amides is 1. The fourth-order valence-corrected chi connectivity index (χ4v) is 1.36. The SMILES string of the molecule is CC(NC(=O)CC(C)(C)C)c1cn[nH]c1. The monoisotopic (exact) mass is 209 g/mol. The summed E-state index contributed by atoms with van der Waals surface area (Å²) in [5.74, 6) is 0.0798. The van der Waals surface area contributed by atoms with Crippen molar-refractivity contribution >= 4 is 5.91 Å². The van der Waals surface area contributed by atoms with Gasteiger partial charge in [-0.05, 0) is 12.3 Å². The molecule has 1 aromatic heterocycles. The topological polar surface area (TPSA) is 57.8 Å². The van der Waals surface area contributed by atoms with Gasteiger partial charge in [0.1, 0.15) is 0 Å². The van der Waals surface area contributed by atoms with Gasteiger partial charge in [0, 0.05) is 18.2 Å². The lowest BCUT2D eigenvalue weighted by Gasteiger charge is -2.19. The van der Waals surface area contributed by atoms with E-state index in [2.05, 4.69) is 36.3 Å². The van der Waals surface area contributed by atoms with Crippen molar-refractivity contribution in [3.8, 4) is 0 Å². The minimum absolute atomic E-state index is 0.0126. The van der Waals surface area contributed by atoms with E-state index in [1.807, 2.05) is 6.92 Å². The smallest absolute Gasteiger partial charge is 0.220 e. The summed E-state index contributed by atoms with van der Waals surface area (Å²) in [4.78, 5) is 11.6. The van der Waals surface area contributed by atoms with E-state index in [9.17, 15) is 4.79 Å². The van der Waals surface area contributed by atoms with E-state index in [0.29, 0.717) is 6.42 Å². The van der Waals surface area contributed by atoms with Crippen LogP contribution in [0.2, 0.25) is 0 Å². The van der Waals surface area contributed by atoms with Crippen molar-refractivity contribution in [1.82, 2.24) is 15.5 Å². The van der Waals surface area contributed by atoms with E-state index < -0.39 is 0 Å². The number of aromatic nitrogens is 2. The molecule has 84 valence electrons. The molecule has 2 N–H and O–H groups in total. The molecule has 0 aliphatic rings. The van der Waals surface area contributed by atoms with E-state index in [-0.39, 0.29) is 17.4 Å². The van der Waals surface area contributed by atoms with E-state index in [0.717, 1.165) is 5.56 Å². The van der Waals surface area contributed by atoms with Gasteiger partial charge in [0.25, 0.3) is 0 Å². The fourth-order valence-electron chi connectivity index (χ4n) is 1.36. The predicted molar refractivity (Wildman–Crippen MR) is 59.2 cm³/mol. The largest absolute Gasteiger partial charge is 0.349 e. The van der Waals surface area contributed by atoms with Crippen LogP contribution in [0.25, 0.3) is 0 Å². The van der Waals surface area contributed by atoms with Crippen LogP contribution in [-0.4, -0.2) is 16.1 Å². The Morgan fingerprint density at radius 3 is 2.73 bits per heavy atom. The first-order valence-corrected chi connectivity index (χ1v) is 5.16. The summed E-state index contributed by atoms with van der Waals surface area (Å²) >= 11 is 0. The number of nitrogens with zero attached hydrogens (tertiary/aromatic N) is 1. The summed E-state index contributed by atoms with van der Waals surface area (Å²) in [6.07, 6.45) is 4.05. The summed E-state index contributed by atoms with van der Waals surface area (Å²) < 4.78 is 0. The lowest BCUT2D eigenvalue weighted by molar-refractivity contribution is -0.123. The van der Waals surface area contributed by atoms with Gasteiger partial charge in [-0.25, -0.2) is 0 Å². The van der Waals surface area contributed by atoms with E-state index in [1.165, 1.54) is 0 Å². The van der Waals surface area contributed by atoms with Gasteiger partial charge in [0.05, 0.1) is 12.2 Å². The highest BCUT2D eigenvalue weighted by atomic mass is 16.1. The van der Waals surface area contributed by atoms with Crippen LogP contribution in [0.5, 0.6) is 0 Å². The van der Waals surface area contributed by atoms with Crippen molar-refractivity contribution in [2.45, 2.75) is 40.2 Å². The Kier molecular flexibility index (Phi) is 3.50. The molecule has 0 aliphatic carbocycles. The third-order valence-corrected chi connectivity index (χ3v) is 2.09. The molecule has 0 aliphatic heterocycles. The third-order valence-electron chi connectivity index (χ3n) is 2.09. The number of hydrogen-bond acceptors (Lipinski definition) is 2. The van der Waals surface area contributed by atoms with Crippen LogP contribution >= 0.6 is 0 Å². The first-order chi connectivity index (χ1) is 6.88. The maximum Gasteiger partial charge on any atom is 0.220 e. The molecule has 4 nitrogen and oxygen atoms in total. The molecule has 0 bridgehead atoms. The number of carbonyl (C=O) groups excluding carboxylic acids is 1. The van der Waals surface area contributed by atoms with Gasteiger partial charge < -0.3 is 5.32 Å². The molecule has 4 heteroatoms. The Morgan fingerprint density at radius 2 is 2.27 bits per heavy atom. The molecular weight excluding hydrogens is 190 g/mol. The van der Waals surface area contributed by atoms with Crippen molar-refractivity contribution in [3.63, 3.8) is 0 Å². The lowest BCUT2D eigenvalue weighted by atomic mass is 9.92. The number of H-pyrrole nitrogens is 1. The van der Waals surface area contributed by atoms with Gasteiger partial charge >= 0.3 is 0 Å². The maximum atomic E-state index is 11.6. The minimum atomic E-state index is 0.0126. The molecule has 1 unspecified atom stereocenters. The summed E-state index contributed by atoms with van der Waals surface area (Å²) in [7, 11) is 0. The Hall–Kier alpha value is -1.32. The average molecular weight is 209 g/mol. The van der Waals surface area contributed by atoms with Gasteiger partial charge in [-0.15, -0.1) is 0 Å². The van der Waals surface area contributed by atoms with Gasteiger partial charge in [0.2, 0.25) is 5.91 Å². The molecular formula is C11H19N3O. The minimum Gasteiger partial charge on any atom is -0.349 e. The molecule has 1 heterocycles. The van der Waals surface area contributed by atoms with Crippen LogP contribution in [-0.2, 0) is 4.79 Å². The first kappa shape index (κ1) is 11.8. The summed E-state index contributed by atoms with van der Waals surface area (Å²) in [6, 6.07) is 0.0126. The molecule has 1 aromatic rings.